The molecule has 0 rings (SSSR count). The summed E-state index contributed by atoms with van der Waals surface area (Å²) in [4.78, 5) is 0. The molecule has 0 saturated heterocycles. The van der Waals surface area contributed by atoms with E-state index in [2.05, 4.69) is 13.8 Å². The Morgan fingerprint density at radius 1 is 0.353 bits per heavy atom. The van der Waals surface area contributed by atoms with E-state index in [4.69, 9.17) is 0 Å². The normalized spacial score (nSPS) is 10.2. The second-order valence-corrected chi connectivity index (χ2v) is 5.24. The van der Waals surface area contributed by atoms with Gasteiger partial charge in [0.1, 0.15) is 0 Å². The average Bonchev–Trinajstić information content (AvgIpc) is 2.31. The zero-order valence-electron chi connectivity index (χ0n) is 12.2. The monoisotopic (exact) mass is 285 g/mol. The van der Waals surface area contributed by atoms with Crippen molar-refractivity contribution in [3.05, 3.63) is 0 Å². The van der Waals surface area contributed by atoms with Gasteiger partial charge in [-0.05, 0) is 0 Å². The standard InChI is InChI=1S/C16H34.Co/c1-3-5-7-9-11-13-15-16-14-12-10-8-6-4-2;/h3-16H2,1-2H3;. The first-order valence-electron chi connectivity index (χ1n) is 7.91. The van der Waals surface area contributed by atoms with Crippen LogP contribution in [0.1, 0.15) is 104 Å². The van der Waals surface area contributed by atoms with Crippen LogP contribution in [0.2, 0.25) is 0 Å². The summed E-state index contributed by atoms with van der Waals surface area (Å²) in [6.45, 7) is 4.58. The molecular formula is C16H34Co. The van der Waals surface area contributed by atoms with Crippen molar-refractivity contribution in [3.8, 4) is 0 Å². The van der Waals surface area contributed by atoms with Crippen LogP contribution in [0, 0.1) is 0 Å². The number of rotatable bonds is 13. The van der Waals surface area contributed by atoms with Gasteiger partial charge in [0, 0.05) is 16.8 Å². The third-order valence-electron chi connectivity index (χ3n) is 3.46. The Morgan fingerprint density at radius 2 is 0.529 bits per heavy atom. The van der Waals surface area contributed by atoms with E-state index in [0.29, 0.717) is 0 Å². The van der Waals surface area contributed by atoms with E-state index >= 15 is 0 Å². The van der Waals surface area contributed by atoms with Crippen LogP contribution in [-0.2, 0) is 16.8 Å². The van der Waals surface area contributed by atoms with Crippen molar-refractivity contribution in [3.63, 3.8) is 0 Å². The maximum atomic E-state index is 2.29. The van der Waals surface area contributed by atoms with Crippen LogP contribution in [0.5, 0.6) is 0 Å². The molecule has 0 spiro atoms. The van der Waals surface area contributed by atoms with E-state index < -0.39 is 0 Å². The summed E-state index contributed by atoms with van der Waals surface area (Å²) in [5, 5.41) is 0. The summed E-state index contributed by atoms with van der Waals surface area (Å²) >= 11 is 0. The molecule has 0 aliphatic rings. The summed E-state index contributed by atoms with van der Waals surface area (Å²) in [7, 11) is 0. The molecule has 0 aromatic heterocycles. The molecule has 0 unspecified atom stereocenters. The Kier molecular flexibility index (Phi) is 22.0. The Hall–Kier alpha value is 0.506. The van der Waals surface area contributed by atoms with Gasteiger partial charge in [-0.2, -0.15) is 0 Å². The van der Waals surface area contributed by atoms with Crippen molar-refractivity contribution < 1.29 is 16.8 Å². The molecule has 0 fully saturated rings. The van der Waals surface area contributed by atoms with Crippen molar-refractivity contribution in [1.29, 1.82) is 0 Å². The van der Waals surface area contributed by atoms with Crippen molar-refractivity contribution in [2.45, 2.75) is 104 Å². The van der Waals surface area contributed by atoms with E-state index in [1.165, 1.54) is 89.9 Å². The summed E-state index contributed by atoms with van der Waals surface area (Å²) in [6.07, 6.45) is 20.4. The third-order valence-corrected chi connectivity index (χ3v) is 3.46. The van der Waals surface area contributed by atoms with Crippen LogP contribution in [0.25, 0.3) is 0 Å². The molecule has 1 heteroatoms. The number of unbranched alkanes of at least 4 members (excludes halogenated alkanes) is 13. The first-order chi connectivity index (χ1) is 7.91. The minimum absolute atomic E-state index is 0. The molecule has 0 aliphatic carbocycles. The Bertz CT molecular complexity index is 98.1. The minimum atomic E-state index is 0. The average molecular weight is 285 g/mol. The first kappa shape index (κ1) is 19.8. The van der Waals surface area contributed by atoms with Crippen LogP contribution >= 0.6 is 0 Å². The second kappa shape index (κ2) is 18.9. The fourth-order valence-electron chi connectivity index (χ4n) is 2.27. The Morgan fingerprint density at radius 3 is 0.706 bits per heavy atom. The van der Waals surface area contributed by atoms with E-state index in [0.717, 1.165) is 0 Å². The SMILES string of the molecule is CCCCCCCCCCCCCCCC.[Co]. The molecule has 17 heavy (non-hydrogen) atoms. The molecule has 0 heterocycles. The van der Waals surface area contributed by atoms with Crippen LogP contribution in [0.4, 0.5) is 0 Å². The molecular weight excluding hydrogens is 251 g/mol. The van der Waals surface area contributed by atoms with Crippen molar-refractivity contribution in [1.82, 2.24) is 0 Å². The molecule has 0 bridgehead atoms. The van der Waals surface area contributed by atoms with Crippen LogP contribution in [0.3, 0.4) is 0 Å². The molecule has 0 nitrogen and oxygen atoms in total. The van der Waals surface area contributed by atoms with Gasteiger partial charge in [-0.15, -0.1) is 0 Å². The molecule has 0 aliphatic heterocycles. The predicted molar refractivity (Wildman–Crippen MR) is 76.0 cm³/mol. The van der Waals surface area contributed by atoms with E-state index in [-0.39, 0.29) is 16.8 Å². The Balaban J connectivity index is 0. The largest absolute Gasteiger partial charge is 0.0654 e. The summed E-state index contributed by atoms with van der Waals surface area (Å²) in [5.41, 5.74) is 0. The van der Waals surface area contributed by atoms with Gasteiger partial charge in [-0.1, -0.05) is 104 Å². The zero-order valence-corrected chi connectivity index (χ0v) is 13.3. The maximum Gasteiger partial charge on any atom is 0 e. The molecule has 0 aromatic carbocycles. The van der Waals surface area contributed by atoms with Crippen LogP contribution in [0.15, 0.2) is 0 Å². The van der Waals surface area contributed by atoms with Gasteiger partial charge >= 0.3 is 0 Å². The Labute approximate surface area is 121 Å². The second-order valence-electron chi connectivity index (χ2n) is 5.24. The molecule has 0 N–H and O–H groups in total. The topological polar surface area (TPSA) is 0 Å². The van der Waals surface area contributed by atoms with Gasteiger partial charge in [0.15, 0.2) is 0 Å². The first-order valence-corrected chi connectivity index (χ1v) is 7.91. The maximum absolute atomic E-state index is 2.29. The van der Waals surface area contributed by atoms with Gasteiger partial charge in [-0.3, -0.25) is 0 Å². The molecule has 0 saturated carbocycles. The molecule has 0 amide bonds. The van der Waals surface area contributed by atoms with Crippen LogP contribution in [-0.4, -0.2) is 0 Å². The van der Waals surface area contributed by atoms with Crippen molar-refractivity contribution in [2.24, 2.45) is 0 Å². The molecule has 0 atom stereocenters. The molecule has 0 aromatic rings. The fourth-order valence-corrected chi connectivity index (χ4v) is 2.27. The minimum Gasteiger partial charge on any atom is -0.0654 e. The van der Waals surface area contributed by atoms with E-state index in [9.17, 15) is 0 Å². The summed E-state index contributed by atoms with van der Waals surface area (Å²) in [6, 6.07) is 0. The van der Waals surface area contributed by atoms with Gasteiger partial charge in [0.05, 0.1) is 0 Å². The number of hydrogen-bond acceptors (Lipinski definition) is 0. The van der Waals surface area contributed by atoms with Gasteiger partial charge in [0.25, 0.3) is 0 Å². The zero-order chi connectivity index (χ0) is 11.9. The third kappa shape index (κ3) is 19.0. The van der Waals surface area contributed by atoms with E-state index in [1.807, 2.05) is 0 Å². The van der Waals surface area contributed by atoms with Gasteiger partial charge in [0.2, 0.25) is 0 Å². The predicted octanol–water partition coefficient (Wildman–Crippen LogP) is 6.49. The van der Waals surface area contributed by atoms with E-state index in [1.54, 1.807) is 0 Å². The summed E-state index contributed by atoms with van der Waals surface area (Å²) in [5.74, 6) is 0. The summed E-state index contributed by atoms with van der Waals surface area (Å²) < 4.78 is 0. The molecule has 107 valence electrons. The van der Waals surface area contributed by atoms with Gasteiger partial charge < -0.3 is 0 Å². The van der Waals surface area contributed by atoms with Crippen molar-refractivity contribution >= 4 is 0 Å². The van der Waals surface area contributed by atoms with Crippen LogP contribution < -0.4 is 0 Å². The van der Waals surface area contributed by atoms with Gasteiger partial charge in [-0.25, -0.2) is 0 Å². The molecule has 1 radical (unpaired) electrons. The quantitative estimate of drug-likeness (QED) is 0.339. The fraction of sp³-hybridized carbons (Fsp3) is 1.00. The number of hydrogen-bond donors (Lipinski definition) is 0. The smallest absolute Gasteiger partial charge is 0 e. The van der Waals surface area contributed by atoms with Crippen molar-refractivity contribution in [2.75, 3.05) is 0 Å².